The molecule has 4 rings (SSSR count). The van der Waals surface area contributed by atoms with Crippen LogP contribution in [0.2, 0.25) is 5.02 Å². The monoisotopic (exact) mass is 452 g/mol. The van der Waals surface area contributed by atoms with Crippen LogP contribution in [0, 0.1) is 5.41 Å². The van der Waals surface area contributed by atoms with Crippen molar-refractivity contribution < 1.29 is 9.53 Å². The third-order valence-corrected chi connectivity index (χ3v) is 5.89. The van der Waals surface area contributed by atoms with Gasteiger partial charge in [-0.15, -0.1) is 0 Å². The number of anilines is 2. The van der Waals surface area contributed by atoms with E-state index in [2.05, 4.69) is 15.3 Å². The van der Waals surface area contributed by atoms with Crippen LogP contribution in [0.25, 0.3) is 10.9 Å². The van der Waals surface area contributed by atoms with Gasteiger partial charge in [0.15, 0.2) is 5.96 Å². The van der Waals surface area contributed by atoms with Crippen LogP contribution in [0.15, 0.2) is 42.5 Å². The number of halogens is 1. The number of fused-ring (bicyclic) bond motifs is 1. The molecule has 0 radical (unpaired) electrons. The Morgan fingerprint density at radius 2 is 1.88 bits per heavy atom. The van der Waals surface area contributed by atoms with Crippen LogP contribution in [0.1, 0.15) is 42.5 Å². The molecule has 1 saturated carbocycles. The molecule has 32 heavy (non-hydrogen) atoms. The Kier molecular flexibility index (Phi) is 6.41. The second-order valence-electron chi connectivity index (χ2n) is 7.76. The predicted molar refractivity (Wildman–Crippen MR) is 127 cm³/mol. The fourth-order valence-corrected chi connectivity index (χ4v) is 4.18. The Balaban J connectivity index is 1.78. The van der Waals surface area contributed by atoms with Crippen molar-refractivity contribution in [3.63, 3.8) is 0 Å². The van der Waals surface area contributed by atoms with Crippen LogP contribution in [0.3, 0.4) is 0 Å². The predicted octanol–water partition coefficient (Wildman–Crippen LogP) is 4.58. The third kappa shape index (κ3) is 4.60. The molecule has 1 aliphatic rings. The van der Waals surface area contributed by atoms with Gasteiger partial charge in [-0.05, 0) is 55.3 Å². The van der Waals surface area contributed by atoms with Gasteiger partial charge in [-0.3, -0.25) is 20.4 Å². The summed E-state index contributed by atoms with van der Waals surface area (Å²) in [5.74, 6) is 0.828. The molecule has 4 N–H and O–H groups in total. The third-order valence-electron chi connectivity index (χ3n) is 5.64. The zero-order valence-corrected chi connectivity index (χ0v) is 18.5. The highest BCUT2D eigenvalue weighted by atomic mass is 35.5. The first-order chi connectivity index (χ1) is 15.5. The van der Waals surface area contributed by atoms with Gasteiger partial charge in [0.1, 0.15) is 11.6 Å². The molecule has 0 saturated heterocycles. The van der Waals surface area contributed by atoms with Gasteiger partial charge in [0, 0.05) is 22.0 Å². The molecule has 0 spiro atoms. The van der Waals surface area contributed by atoms with E-state index in [0.717, 1.165) is 25.7 Å². The maximum absolute atomic E-state index is 12.7. The lowest BCUT2D eigenvalue weighted by Crippen LogP contribution is -2.46. The van der Waals surface area contributed by atoms with E-state index in [-0.39, 0.29) is 23.9 Å². The Hall–Kier alpha value is -3.39. The number of rotatable bonds is 5. The second kappa shape index (κ2) is 9.40. The maximum Gasteiger partial charge on any atom is 0.258 e. The van der Waals surface area contributed by atoms with Crippen molar-refractivity contribution >= 4 is 46.1 Å². The minimum atomic E-state index is -0.354. The molecule has 166 valence electrons. The summed E-state index contributed by atoms with van der Waals surface area (Å²) in [6, 6.07) is 12.0. The topological polar surface area (TPSA) is 117 Å². The SMILES string of the molecule is COc1ccc2nc(NC(=O)c3ccc(Cl)cc3)nc(N(C(=N)N)C3CCCCC3)c2c1. The standard InChI is InChI=1S/C23H25ClN6O2/c1-32-17-11-12-19-18(13-17)20(30(22(25)26)16-5-3-2-4-6-16)28-23(27-19)29-21(31)14-7-9-15(24)10-8-14/h7-13,16H,2-6H2,1H3,(H3,25,26)(H,27,28,29,31). The van der Waals surface area contributed by atoms with E-state index in [1.165, 1.54) is 6.42 Å². The van der Waals surface area contributed by atoms with Crippen molar-refractivity contribution in [1.29, 1.82) is 5.41 Å². The smallest absolute Gasteiger partial charge is 0.258 e. The zero-order chi connectivity index (χ0) is 22.7. The molecule has 2 aromatic carbocycles. The molecular formula is C23H25ClN6O2. The van der Waals surface area contributed by atoms with E-state index in [9.17, 15) is 4.79 Å². The fraction of sp³-hybridized carbons (Fsp3) is 0.304. The van der Waals surface area contributed by atoms with Gasteiger partial charge in [0.05, 0.1) is 12.6 Å². The number of ether oxygens (including phenoxy) is 1. The van der Waals surface area contributed by atoms with Crippen LogP contribution in [0.4, 0.5) is 11.8 Å². The molecule has 9 heteroatoms. The highest BCUT2D eigenvalue weighted by molar-refractivity contribution is 6.30. The first kappa shape index (κ1) is 21.8. The fourth-order valence-electron chi connectivity index (χ4n) is 4.06. The number of nitrogens with one attached hydrogen (secondary N) is 2. The maximum atomic E-state index is 12.7. The van der Waals surface area contributed by atoms with Crippen LogP contribution >= 0.6 is 11.6 Å². The molecule has 1 heterocycles. The number of guanidine groups is 1. The molecule has 1 aliphatic carbocycles. The largest absolute Gasteiger partial charge is 0.497 e. The number of nitrogens with two attached hydrogens (primary N) is 1. The van der Waals surface area contributed by atoms with Gasteiger partial charge in [0.2, 0.25) is 5.95 Å². The van der Waals surface area contributed by atoms with Gasteiger partial charge >= 0.3 is 0 Å². The van der Waals surface area contributed by atoms with Crippen molar-refractivity contribution in [3.05, 3.63) is 53.1 Å². The van der Waals surface area contributed by atoms with E-state index in [1.807, 2.05) is 6.07 Å². The summed E-state index contributed by atoms with van der Waals surface area (Å²) in [5.41, 5.74) is 7.09. The van der Waals surface area contributed by atoms with Crippen LogP contribution in [-0.4, -0.2) is 35.0 Å². The number of nitrogens with zero attached hydrogens (tertiary/aromatic N) is 3. The van der Waals surface area contributed by atoms with E-state index >= 15 is 0 Å². The summed E-state index contributed by atoms with van der Waals surface area (Å²) in [6.07, 6.45) is 5.15. The molecule has 0 bridgehead atoms. The Bertz CT molecular complexity index is 1150. The van der Waals surface area contributed by atoms with Gasteiger partial charge in [-0.1, -0.05) is 30.9 Å². The summed E-state index contributed by atoms with van der Waals surface area (Å²) in [6.45, 7) is 0. The summed E-state index contributed by atoms with van der Waals surface area (Å²) in [4.78, 5) is 23.6. The first-order valence-corrected chi connectivity index (χ1v) is 10.9. The van der Waals surface area contributed by atoms with Crippen LogP contribution < -0.4 is 20.7 Å². The molecule has 0 atom stereocenters. The minimum absolute atomic E-state index is 0.0605. The quantitative estimate of drug-likeness (QED) is 0.385. The summed E-state index contributed by atoms with van der Waals surface area (Å²) in [7, 11) is 1.59. The molecular weight excluding hydrogens is 428 g/mol. The number of amides is 1. The number of carbonyl (C=O) groups excluding carboxylic acids is 1. The van der Waals surface area contributed by atoms with E-state index in [0.29, 0.717) is 33.1 Å². The first-order valence-electron chi connectivity index (χ1n) is 10.5. The number of hydrogen-bond acceptors (Lipinski definition) is 5. The number of benzene rings is 2. The number of methoxy groups -OCH3 is 1. The Labute approximate surface area is 191 Å². The average Bonchev–Trinajstić information content (AvgIpc) is 2.80. The minimum Gasteiger partial charge on any atom is -0.497 e. The van der Waals surface area contributed by atoms with Crippen molar-refractivity contribution in [2.45, 2.75) is 38.1 Å². The number of aromatic nitrogens is 2. The van der Waals surface area contributed by atoms with Gasteiger partial charge < -0.3 is 10.5 Å². The Morgan fingerprint density at radius 3 is 2.53 bits per heavy atom. The van der Waals surface area contributed by atoms with Gasteiger partial charge in [0.25, 0.3) is 5.91 Å². The molecule has 1 fully saturated rings. The lowest BCUT2D eigenvalue weighted by atomic mass is 9.94. The van der Waals surface area contributed by atoms with Crippen molar-refractivity contribution in [3.8, 4) is 5.75 Å². The normalized spacial score (nSPS) is 14.2. The Morgan fingerprint density at radius 1 is 1.16 bits per heavy atom. The molecule has 1 amide bonds. The average molecular weight is 453 g/mol. The summed E-state index contributed by atoms with van der Waals surface area (Å²) < 4.78 is 5.39. The van der Waals surface area contributed by atoms with E-state index in [1.54, 1.807) is 48.4 Å². The van der Waals surface area contributed by atoms with Crippen molar-refractivity contribution in [2.75, 3.05) is 17.3 Å². The second-order valence-corrected chi connectivity index (χ2v) is 8.20. The van der Waals surface area contributed by atoms with Crippen LogP contribution in [0.5, 0.6) is 5.75 Å². The number of carbonyl (C=O) groups is 1. The zero-order valence-electron chi connectivity index (χ0n) is 17.8. The molecule has 1 aromatic heterocycles. The molecule has 0 unspecified atom stereocenters. The lowest BCUT2D eigenvalue weighted by molar-refractivity contribution is 0.102. The van der Waals surface area contributed by atoms with Crippen molar-refractivity contribution in [1.82, 2.24) is 9.97 Å². The van der Waals surface area contributed by atoms with Crippen molar-refractivity contribution in [2.24, 2.45) is 5.73 Å². The highest BCUT2D eigenvalue weighted by Crippen LogP contribution is 2.33. The lowest BCUT2D eigenvalue weighted by Gasteiger charge is -2.34. The van der Waals surface area contributed by atoms with E-state index < -0.39 is 0 Å². The molecule has 0 aliphatic heterocycles. The molecule has 3 aromatic rings. The van der Waals surface area contributed by atoms with E-state index in [4.69, 9.17) is 27.5 Å². The summed E-state index contributed by atoms with van der Waals surface area (Å²) in [5, 5.41) is 12.3. The highest BCUT2D eigenvalue weighted by Gasteiger charge is 2.27. The van der Waals surface area contributed by atoms with Gasteiger partial charge in [-0.2, -0.15) is 4.98 Å². The summed E-state index contributed by atoms with van der Waals surface area (Å²) >= 11 is 5.92. The van der Waals surface area contributed by atoms with Crippen LogP contribution in [-0.2, 0) is 0 Å². The molecule has 8 nitrogen and oxygen atoms in total. The van der Waals surface area contributed by atoms with Gasteiger partial charge in [-0.25, -0.2) is 4.98 Å². The number of hydrogen-bond donors (Lipinski definition) is 3.